The van der Waals surface area contributed by atoms with Gasteiger partial charge in [0.15, 0.2) is 17.4 Å². The molecule has 1 unspecified atom stereocenters. The van der Waals surface area contributed by atoms with E-state index in [1.54, 1.807) is 6.07 Å². The molecule has 1 nitrogen and oxygen atoms in total. The van der Waals surface area contributed by atoms with Crippen molar-refractivity contribution in [3.8, 4) is 0 Å². The molecule has 1 aromatic rings. The summed E-state index contributed by atoms with van der Waals surface area (Å²) in [6.07, 6.45) is 7.52. The van der Waals surface area contributed by atoms with Gasteiger partial charge in [0.25, 0.3) is 0 Å². The van der Waals surface area contributed by atoms with Crippen LogP contribution in [0.25, 0.3) is 0 Å². The lowest BCUT2D eigenvalue weighted by Crippen LogP contribution is -2.19. The molecule has 0 spiro atoms. The van der Waals surface area contributed by atoms with Crippen LogP contribution in [-0.4, -0.2) is 5.78 Å². The van der Waals surface area contributed by atoms with Gasteiger partial charge in [-0.15, -0.1) is 0 Å². The van der Waals surface area contributed by atoms with Crippen LogP contribution < -0.4 is 0 Å². The molecule has 0 aliphatic heterocycles. The van der Waals surface area contributed by atoms with E-state index >= 15 is 0 Å². The fourth-order valence-corrected chi connectivity index (χ4v) is 4.28. The van der Waals surface area contributed by atoms with Gasteiger partial charge in [-0.2, -0.15) is 0 Å². The lowest BCUT2D eigenvalue weighted by Gasteiger charge is -2.32. The first-order chi connectivity index (χ1) is 10.1. The van der Waals surface area contributed by atoms with E-state index in [-0.39, 0.29) is 17.3 Å². The third-order valence-corrected chi connectivity index (χ3v) is 5.37. The van der Waals surface area contributed by atoms with E-state index < -0.39 is 11.6 Å². The zero-order valence-electron chi connectivity index (χ0n) is 12.5. The zero-order chi connectivity index (χ0) is 15.0. The zero-order valence-corrected chi connectivity index (χ0v) is 12.5. The highest BCUT2D eigenvalue weighted by molar-refractivity contribution is 6.01. The lowest BCUT2D eigenvalue weighted by molar-refractivity contribution is 0.0972. The molecule has 1 atom stereocenters. The first kappa shape index (κ1) is 14.7. The second-order valence-corrected chi connectivity index (χ2v) is 6.63. The number of hydrogen-bond donors (Lipinski definition) is 0. The molecular formula is C18H22F2O. The Bertz CT molecular complexity index is 544. The highest BCUT2D eigenvalue weighted by atomic mass is 19.2. The molecule has 0 amide bonds. The van der Waals surface area contributed by atoms with Crippen LogP contribution in [0, 0.1) is 23.5 Å². The molecule has 3 heteroatoms. The summed E-state index contributed by atoms with van der Waals surface area (Å²) in [6, 6.07) is 2.80. The molecule has 1 saturated carbocycles. The summed E-state index contributed by atoms with van der Waals surface area (Å²) in [5.41, 5.74) is 0.772. The topological polar surface area (TPSA) is 17.1 Å². The summed E-state index contributed by atoms with van der Waals surface area (Å²) >= 11 is 0. The summed E-state index contributed by atoms with van der Waals surface area (Å²) in [6.45, 7) is 2.22. The number of carbonyl (C=O) groups is 1. The Morgan fingerprint density at radius 3 is 2.52 bits per heavy atom. The third kappa shape index (κ3) is 2.63. The summed E-state index contributed by atoms with van der Waals surface area (Å²) in [7, 11) is 0. The van der Waals surface area contributed by atoms with Crippen LogP contribution in [0.5, 0.6) is 0 Å². The van der Waals surface area contributed by atoms with Crippen molar-refractivity contribution in [2.24, 2.45) is 11.8 Å². The molecule has 2 aliphatic rings. The number of hydrogen-bond acceptors (Lipinski definition) is 1. The second kappa shape index (κ2) is 5.86. The number of ketones is 1. The highest BCUT2D eigenvalue weighted by Crippen LogP contribution is 2.46. The molecule has 21 heavy (non-hydrogen) atoms. The molecule has 3 rings (SSSR count). The van der Waals surface area contributed by atoms with Gasteiger partial charge in [0.1, 0.15) is 0 Å². The smallest absolute Gasteiger partial charge is 0.169 e. The molecule has 1 fully saturated rings. The van der Waals surface area contributed by atoms with E-state index in [2.05, 4.69) is 6.92 Å². The SMILES string of the molecule is CCCC1CCC(C2CC(=O)c3c2ccc(F)c3F)CC1. The van der Waals surface area contributed by atoms with Crippen LogP contribution in [0.1, 0.15) is 73.7 Å². The van der Waals surface area contributed by atoms with Crippen LogP contribution in [0.2, 0.25) is 0 Å². The van der Waals surface area contributed by atoms with Crippen molar-refractivity contribution in [3.05, 3.63) is 34.9 Å². The van der Waals surface area contributed by atoms with E-state index in [9.17, 15) is 13.6 Å². The Morgan fingerprint density at radius 1 is 1.14 bits per heavy atom. The van der Waals surface area contributed by atoms with Gasteiger partial charge in [0.05, 0.1) is 5.56 Å². The van der Waals surface area contributed by atoms with Gasteiger partial charge in [-0.05, 0) is 42.2 Å². The van der Waals surface area contributed by atoms with Crippen LogP contribution in [-0.2, 0) is 0 Å². The van der Waals surface area contributed by atoms with Crippen LogP contribution in [0.4, 0.5) is 8.78 Å². The minimum Gasteiger partial charge on any atom is -0.294 e. The molecule has 114 valence electrons. The molecule has 0 aromatic heterocycles. The Kier molecular flexibility index (Phi) is 4.10. The van der Waals surface area contributed by atoms with Gasteiger partial charge >= 0.3 is 0 Å². The number of benzene rings is 1. The Morgan fingerprint density at radius 2 is 1.86 bits per heavy atom. The number of halogens is 2. The first-order valence-corrected chi connectivity index (χ1v) is 8.12. The number of carbonyl (C=O) groups excluding carboxylic acids is 1. The maximum atomic E-state index is 13.9. The fraction of sp³-hybridized carbons (Fsp3) is 0.611. The van der Waals surface area contributed by atoms with Crippen LogP contribution in [0.15, 0.2) is 12.1 Å². The fourth-order valence-electron chi connectivity index (χ4n) is 4.28. The highest BCUT2D eigenvalue weighted by Gasteiger charge is 2.38. The van der Waals surface area contributed by atoms with Crippen molar-refractivity contribution in [2.45, 2.75) is 57.8 Å². The molecular weight excluding hydrogens is 270 g/mol. The summed E-state index contributed by atoms with van der Waals surface area (Å²) < 4.78 is 27.2. The van der Waals surface area contributed by atoms with Crippen molar-refractivity contribution in [3.63, 3.8) is 0 Å². The molecule has 2 aliphatic carbocycles. The van der Waals surface area contributed by atoms with Crippen molar-refractivity contribution in [1.82, 2.24) is 0 Å². The average molecular weight is 292 g/mol. The Balaban J connectivity index is 1.78. The summed E-state index contributed by atoms with van der Waals surface area (Å²) in [5.74, 6) is -0.706. The van der Waals surface area contributed by atoms with E-state index in [0.29, 0.717) is 12.3 Å². The maximum Gasteiger partial charge on any atom is 0.169 e. The van der Waals surface area contributed by atoms with E-state index in [1.807, 2.05) is 0 Å². The van der Waals surface area contributed by atoms with Crippen LogP contribution >= 0.6 is 0 Å². The standard InChI is InChI=1S/C18H22F2O/c1-2-3-11-4-6-12(7-5-11)14-10-16(21)17-13(14)8-9-15(19)18(17)20/h8-9,11-12,14H,2-7,10H2,1H3. The molecule has 0 heterocycles. The van der Waals surface area contributed by atoms with Gasteiger partial charge in [0.2, 0.25) is 0 Å². The van der Waals surface area contributed by atoms with Crippen molar-refractivity contribution in [1.29, 1.82) is 0 Å². The number of rotatable bonds is 3. The van der Waals surface area contributed by atoms with Gasteiger partial charge in [-0.25, -0.2) is 8.78 Å². The van der Waals surface area contributed by atoms with Gasteiger partial charge in [0, 0.05) is 6.42 Å². The van der Waals surface area contributed by atoms with E-state index in [0.717, 1.165) is 24.3 Å². The second-order valence-electron chi connectivity index (χ2n) is 6.63. The minimum atomic E-state index is -0.945. The van der Waals surface area contributed by atoms with Gasteiger partial charge in [-0.3, -0.25) is 4.79 Å². The predicted octanol–water partition coefficient (Wildman–Crippen LogP) is 5.24. The average Bonchev–Trinajstić information content (AvgIpc) is 2.82. The predicted molar refractivity (Wildman–Crippen MR) is 78.4 cm³/mol. The number of fused-ring (bicyclic) bond motifs is 1. The maximum absolute atomic E-state index is 13.9. The third-order valence-electron chi connectivity index (χ3n) is 5.37. The van der Waals surface area contributed by atoms with Gasteiger partial charge < -0.3 is 0 Å². The molecule has 0 saturated heterocycles. The monoisotopic (exact) mass is 292 g/mol. The largest absolute Gasteiger partial charge is 0.294 e. The molecule has 0 radical (unpaired) electrons. The van der Waals surface area contributed by atoms with Crippen LogP contribution in [0.3, 0.4) is 0 Å². The minimum absolute atomic E-state index is 0.0238. The summed E-state index contributed by atoms with van der Waals surface area (Å²) in [4.78, 5) is 12.1. The quantitative estimate of drug-likeness (QED) is 0.744. The Labute approximate surface area is 124 Å². The van der Waals surface area contributed by atoms with Crippen molar-refractivity contribution < 1.29 is 13.6 Å². The molecule has 0 bridgehead atoms. The molecule has 0 N–H and O–H groups in total. The Hall–Kier alpha value is -1.25. The van der Waals surface area contributed by atoms with E-state index in [4.69, 9.17) is 0 Å². The number of Topliss-reactive ketones (excluding diaryl/α,β-unsaturated/α-hetero) is 1. The lowest BCUT2D eigenvalue weighted by atomic mass is 9.73. The van der Waals surface area contributed by atoms with Crippen molar-refractivity contribution >= 4 is 5.78 Å². The van der Waals surface area contributed by atoms with Crippen molar-refractivity contribution in [2.75, 3.05) is 0 Å². The first-order valence-electron chi connectivity index (χ1n) is 8.12. The summed E-state index contributed by atoms with van der Waals surface area (Å²) in [5, 5.41) is 0. The van der Waals surface area contributed by atoms with Gasteiger partial charge in [-0.1, -0.05) is 38.7 Å². The van der Waals surface area contributed by atoms with E-state index in [1.165, 1.54) is 31.7 Å². The normalized spacial score (nSPS) is 28.7. The molecule has 1 aromatic carbocycles.